The minimum absolute atomic E-state index is 0.0712. The van der Waals surface area contributed by atoms with Crippen LogP contribution in [0.2, 0.25) is 0 Å². The Labute approximate surface area is 163 Å². The third kappa shape index (κ3) is 5.11. The maximum atomic E-state index is 12.5. The number of ether oxygens (including phenoxy) is 1. The lowest BCUT2D eigenvalue weighted by Crippen LogP contribution is -2.14. The van der Waals surface area contributed by atoms with Gasteiger partial charge in [-0.25, -0.2) is 4.79 Å². The van der Waals surface area contributed by atoms with Crippen LogP contribution < -0.4 is 5.32 Å². The maximum Gasteiger partial charge on any atom is 0.341 e. The van der Waals surface area contributed by atoms with Crippen molar-refractivity contribution in [2.24, 2.45) is 0 Å². The molecule has 6 heteroatoms. The van der Waals surface area contributed by atoms with Gasteiger partial charge in [0.15, 0.2) is 0 Å². The number of anilines is 1. The third-order valence-corrected chi connectivity index (χ3v) is 5.69. The van der Waals surface area contributed by atoms with E-state index in [0.717, 1.165) is 28.9 Å². The molecule has 0 saturated carbocycles. The molecule has 1 aromatic carbocycles. The molecule has 1 amide bonds. The van der Waals surface area contributed by atoms with Crippen LogP contribution in [0.25, 0.3) is 11.1 Å². The highest BCUT2D eigenvalue weighted by Gasteiger charge is 2.22. The number of benzene rings is 1. The summed E-state index contributed by atoms with van der Waals surface area (Å²) in [4.78, 5) is 24.7. The van der Waals surface area contributed by atoms with Crippen molar-refractivity contribution in [1.82, 2.24) is 0 Å². The summed E-state index contributed by atoms with van der Waals surface area (Å²) in [7, 11) is 0. The molecule has 1 aromatic heterocycles. The van der Waals surface area contributed by atoms with Gasteiger partial charge >= 0.3 is 5.97 Å². The topological polar surface area (TPSA) is 55.4 Å². The fourth-order valence-electron chi connectivity index (χ4n) is 2.54. The van der Waals surface area contributed by atoms with Gasteiger partial charge in [-0.3, -0.25) is 4.79 Å². The molecular weight excluding hydrogens is 366 g/mol. The van der Waals surface area contributed by atoms with E-state index < -0.39 is 5.97 Å². The second-order valence-electron chi connectivity index (χ2n) is 6.02. The Bertz CT molecular complexity index is 783. The third-order valence-electron chi connectivity index (χ3n) is 4.09. The van der Waals surface area contributed by atoms with Gasteiger partial charge in [0, 0.05) is 17.4 Å². The number of rotatable bonds is 8. The SMILES string of the molecule is CCOC(=O)c1c(-c2ccc(C)c(C)c2)csc1NC(=O)CCCSC. The lowest BCUT2D eigenvalue weighted by atomic mass is 9.99. The van der Waals surface area contributed by atoms with Crippen molar-refractivity contribution < 1.29 is 14.3 Å². The second-order valence-corrected chi connectivity index (χ2v) is 7.88. The molecule has 0 aliphatic carbocycles. The van der Waals surface area contributed by atoms with Crippen LogP contribution in [0, 0.1) is 13.8 Å². The minimum atomic E-state index is -0.401. The van der Waals surface area contributed by atoms with Gasteiger partial charge in [0.2, 0.25) is 5.91 Å². The summed E-state index contributed by atoms with van der Waals surface area (Å²) in [6.07, 6.45) is 3.28. The monoisotopic (exact) mass is 391 g/mol. The molecule has 4 nitrogen and oxygen atoms in total. The maximum absolute atomic E-state index is 12.5. The first-order chi connectivity index (χ1) is 12.5. The van der Waals surface area contributed by atoms with Crippen molar-refractivity contribution in [3.63, 3.8) is 0 Å². The summed E-state index contributed by atoms with van der Waals surface area (Å²) in [6.45, 7) is 6.17. The molecule has 0 saturated heterocycles. The molecule has 0 bridgehead atoms. The Hall–Kier alpha value is -1.79. The highest BCUT2D eigenvalue weighted by molar-refractivity contribution is 7.98. The quantitative estimate of drug-likeness (QED) is 0.491. The number of amides is 1. The summed E-state index contributed by atoms with van der Waals surface area (Å²) in [5, 5.41) is 5.37. The van der Waals surface area contributed by atoms with E-state index in [1.54, 1.807) is 18.7 Å². The van der Waals surface area contributed by atoms with E-state index in [9.17, 15) is 9.59 Å². The second kappa shape index (κ2) is 9.78. The van der Waals surface area contributed by atoms with Crippen LogP contribution in [0.1, 0.15) is 41.3 Å². The smallest absolute Gasteiger partial charge is 0.341 e. The molecule has 1 N–H and O–H groups in total. The molecule has 0 radical (unpaired) electrons. The molecule has 0 atom stereocenters. The molecule has 0 aliphatic heterocycles. The average Bonchev–Trinajstić information content (AvgIpc) is 3.01. The first-order valence-corrected chi connectivity index (χ1v) is 10.9. The van der Waals surface area contributed by atoms with Crippen LogP contribution in [0.4, 0.5) is 5.00 Å². The molecular formula is C20H25NO3S2. The van der Waals surface area contributed by atoms with Crippen molar-refractivity contribution in [2.45, 2.75) is 33.6 Å². The van der Waals surface area contributed by atoms with Gasteiger partial charge in [-0.05, 0) is 55.9 Å². The van der Waals surface area contributed by atoms with Crippen LogP contribution in [0.5, 0.6) is 0 Å². The largest absolute Gasteiger partial charge is 0.462 e. The van der Waals surface area contributed by atoms with E-state index in [-0.39, 0.29) is 5.91 Å². The van der Waals surface area contributed by atoms with E-state index >= 15 is 0 Å². The summed E-state index contributed by atoms with van der Waals surface area (Å²) in [6, 6.07) is 6.10. The summed E-state index contributed by atoms with van der Waals surface area (Å²) in [5.41, 5.74) is 4.56. The van der Waals surface area contributed by atoms with Crippen molar-refractivity contribution in [2.75, 3.05) is 23.9 Å². The molecule has 2 aromatic rings. The number of thioether (sulfide) groups is 1. The summed E-state index contributed by atoms with van der Waals surface area (Å²) in [5.74, 6) is 0.468. The summed E-state index contributed by atoms with van der Waals surface area (Å²) >= 11 is 3.08. The number of carbonyl (C=O) groups excluding carboxylic acids is 2. The molecule has 0 unspecified atom stereocenters. The van der Waals surface area contributed by atoms with Gasteiger partial charge < -0.3 is 10.1 Å². The van der Waals surface area contributed by atoms with E-state index in [4.69, 9.17) is 4.74 Å². The van der Waals surface area contributed by atoms with Crippen molar-refractivity contribution in [1.29, 1.82) is 0 Å². The van der Waals surface area contributed by atoms with E-state index in [2.05, 4.69) is 18.3 Å². The molecule has 0 spiro atoms. The van der Waals surface area contributed by atoms with Gasteiger partial charge in [0.25, 0.3) is 0 Å². The molecule has 0 fully saturated rings. The van der Waals surface area contributed by atoms with Crippen molar-refractivity contribution in [3.8, 4) is 11.1 Å². The highest BCUT2D eigenvalue weighted by Crippen LogP contribution is 2.37. The Balaban J connectivity index is 2.34. The van der Waals surface area contributed by atoms with Crippen LogP contribution >= 0.6 is 23.1 Å². The van der Waals surface area contributed by atoms with Crippen LogP contribution in [-0.4, -0.2) is 30.5 Å². The number of hydrogen-bond donors (Lipinski definition) is 1. The van der Waals surface area contributed by atoms with Gasteiger partial charge in [-0.2, -0.15) is 11.8 Å². The minimum Gasteiger partial charge on any atom is -0.462 e. The van der Waals surface area contributed by atoms with Gasteiger partial charge in [-0.15, -0.1) is 11.3 Å². The number of nitrogens with one attached hydrogen (secondary N) is 1. The fourth-order valence-corrected chi connectivity index (χ4v) is 3.95. The number of hydrogen-bond acceptors (Lipinski definition) is 5. The molecule has 0 aliphatic rings. The van der Waals surface area contributed by atoms with Gasteiger partial charge in [0.1, 0.15) is 10.6 Å². The first-order valence-electron chi connectivity index (χ1n) is 8.63. The van der Waals surface area contributed by atoms with E-state index in [1.807, 2.05) is 30.7 Å². The van der Waals surface area contributed by atoms with Crippen molar-refractivity contribution >= 4 is 40.0 Å². The van der Waals surface area contributed by atoms with Crippen LogP contribution in [0.3, 0.4) is 0 Å². The van der Waals surface area contributed by atoms with Crippen LogP contribution in [-0.2, 0) is 9.53 Å². The standard InChI is InChI=1S/C20H25NO3S2/c1-5-24-20(23)18-16(15-9-8-13(2)14(3)11-15)12-26-19(18)21-17(22)7-6-10-25-4/h8-9,11-12H,5-7,10H2,1-4H3,(H,21,22). The Morgan fingerprint density at radius 1 is 1.23 bits per heavy atom. The predicted octanol–water partition coefficient (Wildman–Crippen LogP) is 5.29. The normalized spacial score (nSPS) is 10.6. The fraction of sp³-hybridized carbons (Fsp3) is 0.400. The highest BCUT2D eigenvalue weighted by atomic mass is 32.2. The molecule has 2 rings (SSSR count). The van der Waals surface area contributed by atoms with Crippen molar-refractivity contribution in [3.05, 3.63) is 40.3 Å². The predicted molar refractivity (Wildman–Crippen MR) is 111 cm³/mol. The lowest BCUT2D eigenvalue weighted by molar-refractivity contribution is -0.116. The van der Waals surface area contributed by atoms with Gasteiger partial charge in [-0.1, -0.05) is 18.2 Å². The number of aryl methyl sites for hydroxylation is 2. The lowest BCUT2D eigenvalue weighted by Gasteiger charge is -2.10. The first kappa shape index (κ1) is 20.5. The Morgan fingerprint density at radius 2 is 2.00 bits per heavy atom. The zero-order chi connectivity index (χ0) is 19.1. The molecule has 26 heavy (non-hydrogen) atoms. The molecule has 140 valence electrons. The summed E-state index contributed by atoms with van der Waals surface area (Å²) < 4.78 is 5.24. The van der Waals surface area contributed by atoms with Gasteiger partial charge in [0.05, 0.1) is 6.61 Å². The van der Waals surface area contributed by atoms with E-state index in [1.165, 1.54) is 16.9 Å². The Kier molecular flexibility index (Phi) is 7.72. The number of esters is 1. The average molecular weight is 392 g/mol. The molecule has 1 heterocycles. The zero-order valence-corrected chi connectivity index (χ0v) is 17.3. The number of carbonyl (C=O) groups is 2. The van der Waals surface area contributed by atoms with Crippen LogP contribution in [0.15, 0.2) is 23.6 Å². The zero-order valence-electron chi connectivity index (χ0n) is 15.7. The Morgan fingerprint density at radius 3 is 2.65 bits per heavy atom. The van der Waals surface area contributed by atoms with E-state index in [0.29, 0.717) is 23.6 Å². The number of thiophene rings is 1.